The summed E-state index contributed by atoms with van der Waals surface area (Å²) in [6.45, 7) is 2.78. The molecule has 1 aliphatic rings. The van der Waals surface area contributed by atoms with Gasteiger partial charge in [-0.2, -0.15) is 0 Å². The number of carbonyl (C=O) groups is 1. The Hall–Kier alpha value is -0.670. The van der Waals surface area contributed by atoms with Crippen molar-refractivity contribution in [2.45, 2.75) is 18.9 Å². The third-order valence-electron chi connectivity index (χ3n) is 2.40. The molecule has 0 aromatic carbocycles. The second-order valence-electron chi connectivity index (χ2n) is 3.20. The largest absolute Gasteiger partial charge is 0.300 e. The van der Waals surface area contributed by atoms with E-state index in [1.807, 2.05) is 24.4 Å². The van der Waals surface area contributed by atoms with Crippen LogP contribution in [0.25, 0.3) is 0 Å². The number of nitrogens with one attached hydrogen (secondary N) is 1. The number of hydrogen-bond acceptors (Lipinski definition) is 3. The predicted molar refractivity (Wildman–Crippen MR) is 49.3 cm³/mol. The summed E-state index contributed by atoms with van der Waals surface area (Å²) in [6, 6.07) is 4.00. The summed E-state index contributed by atoms with van der Waals surface area (Å²) in [7, 11) is 0. The fourth-order valence-corrected chi connectivity index (χ4v) is 2.44. The maximum atomic E-state index is 11.5. The molecule has 0 bridgehead atoms. The number of thiophene rings is 1. The molecule has 1 fully saturated rings. The highest BCUT2D eigenvalue weighted by atomic mass is 32.1. The van der Waals surface area contributed by atoms with E-state index in [1.54, 1.807) is 11.3 Å². The molecule has 0 spiro atoms. The quantitative estimate of drug-likeness (QED) is 0.711. The second kappa shape index (κ2) is 2.68. The number of carbonyl (C=O) groups excluding carboxylic acids is 1. The summed E-state index contributed by atoms with van der Waals surface area (Å²) < 4.78 is 0. The van der Waals surface area contributed by atoms with Crippen molar-refractivity contribution in [3.8, 4) is 0 Å². The van der Waals surface area contributed by atoms with E-state index in [9.17, 15) is 4.79 Å². The van der Waals surface area contributed by atoms with E-state index in [4.69, 9.17) is 0 Å². The van der Waals surface area contributed by atoms with Crippen molar-refractivity contribution in [1.29, 1.82) is 0 Å². The first-order valence-corrected chi connectivity index (χ1v) is 4.94. The van der Waals surface area contributed by atoms with Crippen molar-refractivity contribution < 1.29 is 4.79 Å². The highest BCUT2D eigenvalue weighted by molar-refractivity contribution is 7.10. The highest BCUT2D eigenvalue weighted by Crippen LogP contribution is 2.30. The van der Waals surface area contributed by atoms with Crippen LogP contribution in [0.5, 0.6) is 0 Å². The molecular weight excluding hydrogens is 170 g/mol. The smallest absolute Gasteiger partial charge is 0.159 e. The Bertz CT molecular complexity index is 293. The predicted octanol–water partition coefficient (Wildman–Crippen LogP) is 1.53. The zero-order chi connectivity index (χ0) is 8.60. The Morgan fingerprint density at radius 1 is 1.67 bits per heavy atom. The molecule has 1 unspecified atom stereocenters. The third-order valence-corrected chi connectivity index (χ3v) is 3.49. The van der Waals surface area contributed by atoms with E-state index >= 15 is 0 Å². The topological polar surface area (TPSA) is 29.1 Å². The Kier molecular flexibility index (Phi) is 1.77. The number of Topliss-reactive ketones (excluding diaryl/α,β-unsaturated/α-hetero) is 1. The van der Waals surface area contributed by atoms with Crippen molar-refractivity contribution in [3.05, 3.63) is 22.4 Å². The zero-order valence-electron chi connectivity index (χ0n) is 6.96. The van der Waals surface area contributed by atoms with Crippen LogP contribution in [-0.2, 0) is 10.3 Å². The van der Waals surface area contributed by atoms with E-state index in [2.05, 4.69) is 5.32 Å². The molecule has 0 radical (unpaired) electrons. The molecule has 64 valence electrons. The van der Waals surface area contributed by atoms with Gasteiger partial charge in [0, 0.05) is 17.8 Å². The van der Waals surface area contributed by atoms with Crippen LogP contribution in [0.1, 0.15) is 18.2 Å². The van der Waals surface area contributed by atoms with Crippen molar-refractivity contribution in [3.63, 3.8) is 0 Å². The summed E-state index contributed by atoms with van der Waals surface area (Å²) >= 11 is 1.64. The van der Waals surface area contributed by atoms with Gasteiger partial charge in [-0.25, -0.2) is 0 Å². The SMILES string of the molecule is CC1(c2cccs2)NCCC1=O. The monoisotopic (exact) mass is 181 g/mol. The molecule has 0 amide bonds. The van der Waals surface area contributed by atoms with Crippen molar-refractivity contribution >= 4 is 17.1 Å². The first-order chi connectivity index (χ1) is 5.73. The minimum absolute atomic E-state index is 0.310. The zero-order valence-corrected chi connectivity index (χ0v) is 7.78. The summed E-state index contributed by atoms with van der Waals surface area (Å²) in [6.07, 6.45) is 0.661. The van der Waals surface area contributed by atoms with Gasteiger partial charge in [-0.05, 0) is 18.4 Å². The van der Waals surface area contributed by atoms with Crippen LogP contribution in [0.3, 0.4) is 0 Å². The van der Waals surface area contributed by atoms with Gasteiger partial charge >= 0.3 is 0 Å². The third kappa shape index (κ3) is 1.01. The van der Waals surface area contributed by atoms with E-state index in [0.29, 0.717) is 12.2 Å². The van der Waals surface area contributed by atoms with Crippen LogP contribution in [-0.4, -0.2) is 12.3 Å². The molecule has 2 rings (SSSR count). The fourth-order valence-electron chi connectivity index (χ4n) is 1.56. The second-order valence-corrected chi connectivity index (χ2v) is 4.15. The standard InChI is InChI=1S/C9H11NOS/c1-9(7(11)4-5-10-9)8-3-2-6-12-8/h2-3,6,10H,4-5H2,1H3. The van der Waals surface area contributed by atoms with Crippen LogP contribution in [0.2, 0.25) is 0 Å². The molecule has 1 saturated heterocycles. The van der Waals surface area contributed by atoms with Gasteiger partial charge in [0.2, 0.25) is 0 Å². The fraction of sp³-hybridized carbons (Fsp3) is 0.444. The lowest BCUT2D eigenvalue weighted by atomic mass is 9.97. The van der Waals surface area contributed by atoms with Crippen LogP contribution in [0, 0.1) is 0 Å². The average molecular weight is 181 g/mol. The lowest BCUT2D eigenvalue weighted by molar-refractivity contribution is -0.122. The van der Waals surface area contributed by atoms with Crippen LogP contribution in [0.4, 0.5) is 0 Å². The molecule has 1 aromatic rings. The molecule has 1 aromatic heterocycles. The van der Waals surface area contributed by atoms with Gasteiger partial charge in [-0.3, -0.25) is 4.79 Å². The van der Waals surface area contributed by atoms with Crippen LogP contribution < -0.4 is 5.32 Å². The molecule has 3 heteroatoms. The molecular formula is C9H11NOS. The normalized spacial score (nSPS) is 29.6. The number of rotatable bonds is 1. The summed E-state index contributed by atoms with van der Waals surface area (Å²) in [5.74, 6) is 0.310. The molecule has 0 saturated carbocycles. The molecule has 1 atom stereocenters. The lowest BCUT2D eigenvalue weighted by Gasteiger charge is -2.20. The number of ketones is 1. The maximum absolute atomic E-state index is 11.5. The van der Waals surface area contributed by atoms with E-state index in [0.717, 1.165) is 11.4 Å². The van der Waals surface area contributed by atoms with Gasteiger partial charge in [-0.15, -0.1) is 11.3 Å². The lowest BCUT2D eigenvalue weighted by Crippen LogP contribution is -2.38. The first kappa shape index (κ1) is 7.95. The Balaban J connectivity index is 2.38. The molecule has 0 aliphatic carbocycles. The van der Waals surface area contributed by atoms with Crippen molar-refractivity contribution in [2.75, 3.05) is 6.54 Å². The van der Waals surface area contributed by atoms with Gasteiger partial charge in [0.15, 0.2) is 5.78 Å². The number of hydrogen-bond donors (Lipinski definition) is 1. The average Bonchev–Trinajstić information content (AvgIpc) is 2.62. The Morgan fingerprint density at radius 3 is 3.00 bits per heavy atom. The highest BCUT2D eigenvalue weighted by Gasteiger charge is 2.39. The molecule has 12 heavy (non-hydrogen) atoms. The molecule has 1 N–H and O–H groups in total. The molecule has 2 nitrogen and oxygen atoms in total. The minimum Gasteiger partial charge on any atom is -0.300 e. The molecule has 2 heterocycles. The molecule has 1 aliphatic heterocycles. The van der Waals surface area contributed by atoms with Crippen LogP contribution >= 0.6 is 11.3 Å². The van der Waals surface area contributed by atoms with Crippen LogP contribution in [0.15, 0.2) is 17.5 Å². The van der Waals surface area contributed by atoms with Crippen molar-refractivity contribution in [1.82, 2.24) is 5.32 Å². The Labute approximate surface area is 75.6 Å². The van der Waals surface area contributed by atoms with E-state index < -0.39 is 5.54 Å². The van der Waals surface area contributed by atoms with Crippen molar-refractivity contribution in [2.24, 2.45) is 0 Å². The Morgan fingerprint density at radius 2 is 2.50 bits per heavy atom. The van der Waals surface area contributed by atoms with Gasteiger partial charge < -0.3 is 5.32 Å². The van der Waals surface area contributed by atoms with Gasteiger partial charge in [-0.1, -0.05) is 6.07 Å². The summed E-state index contributed by atoms with van der Waals surface area (Å²) in [4.78, 5) is 12.7. The summed E-state index contributed by atoms with van der Waals surface area (Å²) in [5, 5.41) is 5.25. The van der Waals surface area contributed by atoms with Gasteiger partial charge in [0.05, 0.1) is 0 Å². The minimum atomic E-state index is -0.395. The van der Waals surface area contributed by atoms with Gasteiger partial charge in [0.1, 0.15) is 5.54 Å². The summed E-state index contributed by atoms with van der Waals surface area (Å²) in [5.41, 5.74) is -0.395. The van der Waals surface area contributed by atoms with E-state index in [1.165, 1.54) is 0 Å². The van der Waals surface area contributed by atoms with Gasteiger partial charge in [0.25, 0.3) is 0 Å². The van der Waals surface area contributed by atoms with E-state index in [-0.39, 0.29) is 0 Å². The maximum Gasteiger partial charge on any atom is 0.159 e. The first-order valence-electron chi connectivity index (χ1n) is 4.06.